The van der Waals surface area contributed by atoms with Crippen molar-refractivity contribution >= 4 is 20.8 Å². The van der Waals surface area contributed by atoms with Crippen LogP contribution in [0, 0.1) is 5.92 Å². The first kappa shape index (κ1) is 11.7. The number of rotatable bonds is 3. The summed E-state index contributed by atoms with van der Waals surface area (Å²) in [6.07, 6.45) is 7.31. The van der Waals surface area contributed by atoms with Gasteiger partial charge in [0.05, 0.1) is 17.4 Å². The lowest BCUT2D eigenvalue weighted by Gasteiger charge is -2.09. The summed E-state index contributed by atoms with van der Waals surface area (Å²) in [6.45, 7) is 0. The van der Waals surface area contributed by atoms with Crippen LogP contribution in [0.5, 0.6) is 0 Å². The normalized spacial score (nSPS) is 17.6. The fourth-order valence-corrected chi connectivity index (χ4v) is 4.52. The van der Waals surface area contributed by atoms with Crippen molar-refractivity contribution < 1.29 is 12.8 Å². The summed E-state index contributed by atoms with van der Waals surface area (Å²) >= 11 is 0. The van der Waals surface area contributed by atoms with Crippen LogP contribution in [0.2, 0.25) is 0 Å². The molecule has 0 atom stereocenters. The highest BCUT2D eigenvalue weighted by molar-refractivity contribution is 7.91. The lowest BCUT2D eigenvalue weighted by molar-refractivity contribution is 0.556. The van der Waals surface area contributed by atoms with E-state index < -0.39 is 9.84 Å². The Morgan fingerprint density at radius 3 is 2.83 bits per heavy atom. The minimum absolute atomic E-state index is 0.167. The number of fused-ring (bicyclic) bond motifs is 1. The number of hydrogen-bond donors (Lipinski definition) is 0. The highest BCUT2D eigenvalue weighted by Gasteiger charge is 2.26. The van der Waals surface area contributed by atoms with E-state index in [1.54, 1.807) is 12.1 Å². The summed E-state index contributed by atoms with van der Waals surface area (Å²) in [6, 6.07) is 3.35. The molecule has 1 saturated carbocycles. The lowest BCUT2D eigenvalue weighted by atomic mass is 10.1. The van der Waals surface area contributed by atoms with Gasteiger partial charge >= 0.3 is 0 Å². The van der Waals surface area contributed by atoms with E-state index in [2.05, 4.69) is 4.98 Å². The fourth-order valence-electron chi connectivity index (χ4n) is 2.68. The summed E-state index contributed by atoms with van der Waals surface area (Å²) in [5.74, 6) is 0.503. The average molecular weight is 265 g/mol. The van der Waals surface area contributed by atoms with Crippen LogP contribution >= 0.6 is 0 Å². The van der Waals surface area contributed by atoms with Gasteiger partial charge in [0, 0.05) is 6.20 Å². The molecule has 0 saturated heterocycles. The van der Waals surface area contributed by atoms with E-state index in [-0.39, 0.29) is 10.8 Å². The second kappa shape index (κ2) is 4.39. The van der Waals surface area contributed by atoms with Crippen LogP contribution in [0.1, 0.15) is 25.7 Å². The van der Waals surface area contributed by atoms with Gasteiger partial charge in [0.2, 0.25) is 0 Å². The smallest absolute Gasteiger partial charge is 0.196 e. The molecule has 4 nitrogen and oxygen atoms in total. The molecule has 5 heteroatoms. The molecule has 0 bridgehead atoms. The quantitative estimate of drug-likeness (QED) is 0.856. The number of sulfone groups is 1. The molecule has 0 spiro atoms. The summed E-state index contributed by atoms with van der Waals surface area (Å²) in [5.41, 5.74) is 0.579. The molecule has 0 aromatic carbocycles. The van der Waals surface area contributed by atoms with Crippen LogP contribution in [0.25, 0.3) is 11.0 Å². The van der Waals surface area contributed by atoms with E-state index in [4.69, 9.17) is 4.42 Å². The van der Waals surface area contributed by atoms with Gasteiger partial charge in [0.15, 0.2) is 14.9 Å². The molecule has 96 valence electrons. The van der Waals surface area contributed by atoms with Crippen molar-refractivity contribution in [3.8, 4) is 0 Å². The Morgan fingerprint density at radius 1 is 1.28 bits per heavy atom. The maximum absolute atomic E-state index is 12.4. The molecule has 1 aliphatic rings. The van der Waals surface area contributed by atoms with Crippen molar-refractivity contribution in [3.63, 3.8) is 0 Å². The van der Waals surface area contributed by atoms with Gasteiger partial charge < -0.3 is 4.42 Å². The molecule has 2 aromatic heterocycles. The van der Waals surface area contributed by atoms with Crippen molar-refractivity contribution in [2.75, 3.05) is 5.75 Å². The summed E-state index contributed by atoms with van der Waals surface area (Å²) in [7, 11) is -3.31. The van der Waals surface area contributed by atoms with E-state index in [0.717, 1.165) is 25.7 Å². The van der Waals surface area contributed by atoms with Crippen LogP contribution in [0.15, 0.2) is 34.0 Å². The zero-order chi connectivity index (χ0) is 12.6. The van der Waals surface area contributed by atoms with Crippen LogP contribution < -0.4 is 0 Å². The Balaban J connectivity index is 1.99. The number of pyridine rings is 1. The summed E-state index contributed by atoms with van der Waals surface area (Å²) < 4.78 is 30.0. The molecule has 2 heterocycles. The highest BCUT2D eigenvalue weighted by Crippen LogP contribution is 2.29. The SMILES string of the molecule is O=S(=O)(CC1CCCC1)c1nccc2occc12. The minimum atomic E-state index is -3.31. The van der Waals surface area contributed by atoms with E-state index in [1.807, 2.05) is 0 Å². The van der Waals surface area contributed by atoms with Gasteiger partial charge in [0.25, 0.3) is 0 Å². The number of nitrogens with zero attached hydrogens (tertiary/aromatic N) is 1. The molecular formula is C13H15NO3S. The zero-order valence-electron chi connectivity index (χ0n) is 10.0. The Labute approximate surface area is 106 Å². The van der Waals surface area contributed by atoms with E-state index in [1.165, 1.54) is 12.5 Å². The zero-order valence-corrected chi connectivity index (χ0v) is 10.8. The van der Waals surface area contributed by atoms with Gasteiger partial charge in [0.1, 0.15) is 5.58 Å². The van der Waals surface area contributed by atoms with Gasteiger partial charge in [-0.25, -0.2) is 13.4 Å². The van der Waals surface area contributed by atoms with E-state index in [9.17, 15) is 8.42 Å². The van der Waals surface area contributed by atoms with Crippen LogP contribution in [-0.2, 0) is 9.84 Å². The van der Waals surface area contributed by atoms with Crippen molar-refractivity contribution in [2.45, 2.75) is 30.7 Å². The molecule has 1 fully saturated rings. The molecule has 0 amide bonds. The Bertz CT molecular complexity index is 654. The van der Waals surface area contributed by atoms with Crippen LogP contribution in [0.4, 0.5) is 0 Å². The van der Waals surface area contributed by atoms with Gasteiger partial charge in [-0.1, -0.05) is 12.8 Å². The molecule has 18 heavy (non-hydrogen) atoms. The van der Waals surface area contributed by atoms with Crippen molar-refractivity contribution in [1.29, 1.82) is 0 Å². The van der Waals surface area contributed by atoms with E-state index >= 15 is 0 Å². The number of hydrogen-bond acceptors (Lipinski definition) is 4. The first-order valence-electron chi connectivity index (χ1n) is 6.22. The molecule has 3 rings (SSSR count). The van der Waals surface area contributed by atoms with Crippen molar-refractivity contribution in [1.82, 2.24) is 4.98 Å². The molecular weight excluding hydrogens is 250 g/mol. The topological polar surface area (TPSA) is 60.2 Å². The molecule has 0 radical (unpaired) electrons. The molecule has 1 aliphatic carbocycles. The lowest BCUT2D eigenvalue weighted by Crippen LogP contribution is -2.15. The summed E-state index contributed by atoms with van der Waals surface area (Å²) in [5, 5.41) is 0.760. The van der Waals surface area contributed by atoms with Crippen LogP contribution in [-0.4, -0.2) is 19.2 Å². The molecule has 0 aliphatic heterocycles. The number of aromatic nitrogens is 1. The number of furan rings is 1. The highest BCUT2D eigenvalue weighted by atomic mass is 32.2. The Hall–Kier alpha value is -1.36. The standard InChI is InChI=1S/C13H15NO3S/c15-18(16,9-10-3-1-2-4-10)13-11-6-8-17-12(11)5-7-14-13/h5-8,10H,1-4,9H2. The minimum Gasteiger partial charge on any atom is -0.464 e. The van der Waals surface area contributed by atoms with Gasteiger partial charge in [-0.2, -0.15) is 0 Å². The van der Waals surface area contributed by atoms with Crippen LogP contribution in [0.3, 0.4) is 0 Å². The molecule has 2 aromatic rings. The third kappa shape index (κ3) is 2.03. The van der Waals surface area contributed by atoms with Gasteiger partial charge in [-0.15, -0.1) is 0 Å². The van der Waals surface area contributed by atoms with Gasteiger partial charge in [-0.3, -0.25) is 0 Å². The monoisotopic (exact) mass is 265 g/mol. The maximum atomic E-state index is 12.4. The average Bonchev–Trinajstić information content (AvgIpc) is 2.97. The summed E-state index contributed by atoms with van der Waals surface area (Å²) in [4.78, 5) is 4.04. The van der Waals surface area contributed by atoms with Gasteiger partial charge in [-0.05, 0) is 30.9 Å². The molecule has 0 N–H and O–H groups in total. The predicted molar refractivity (Wildman–Crippen MR) is 68.0 cm³/mol. The Kier molecular flexibility index (Phi) is 2.86. The first-order chi connectivity index (χ1) is 8.67. The van der Waals surface area contributed by atoms with E-state index in [0.29, 0.717) is 16.9 Å². The second-order valence-corrected chi connectivity index (χ2v) is 6.83. The first-order valence-corrected chi connectivity index (χ1v) is 7.87. The fraction of sp³-hybridized carbons (Fsp3) is 0.462. The largest absolute Gasteiger partial charge is 0.464 e. The third-order valence-corrected chi connectivity index (χ3v) is 5.39. The Morgan fingerprint density at radius 2 is 2.06 bits per heavy atom. The van der Waals surface area contributed by atoms with Crippen molar-refractivity contribution in [2.24, 2.45) is 5.92 Å². The van der Waals surface area contributed by atoms with Crippen molar-refractivity contribution in [3.05, 3.63) is 24.6 Å². The molecule has 0 unspecified atom stereocenters. The predicted octanol–water partition coefficient (Wildman–Crippen LogP) is 2.79. The second-order valence-electron chi connectivity index (χ2n) is 4.88. The maximum Gasteiger partial charge on any atom is 0.196 e. The third-order valence-electron chi connectivity index (χ3n) is 3.57.